The van der Waals surface area contributed by atoms with Crippen LogP contribution >= 0.6 is 0 Å². The maximum atomic E-state index is 12.4. The molecule has 22 heavy (non-hydrogen) atoms. The Labute approximate surface area is 123 Å². The van der Waals surface area contributed by atoms with Crippen LogP contribution < -0.4 is 0 Å². The number of aromatic amines is 1. The number of H-pyrrole nitrogens is 1. The van der Waals surface area contributed by atoms with E-state index < -0.39 is 6.09 Å². The summed E-state index contributed by atoms with van der Waals surface area (Å²) in [5.74, 6) is 0.122. The number of nitrogens with zero attached hydrogens (tertiary/aromatic N) is 5. The number of amides is 2. The Morgan fingerprint density at radius 1 is 1.18 bits per heavy atom. The molecule has 2 aliphatic heterocycles. The number of rotatable bonds is 1. The molecule has 0 radical (unpaired) electrons. The van der Waals surface area contributed by atoms with Crippen molar-refractivity contribution in [1.82, 2.24) is 30.2 Å². The van der Waals surface area contributed by atoms with Gasteiger partial charge in [-0.25, -0.2) is 9.78 Å². The van der Waals surface area contributed by atoms with Crippen molar-refractivity contribution in [2.75, 3.05) is 6.54 Å². The van der Waals surface area contributed by atoms with Gasteiger partial charge in [-0.2, -0.15) is 0 Å². The minimum absolute atomic E-state index is 0.00184. The average molecular weight is 304 g/mol. The zero-order valence-electron chi connectivity index (χ0n) is 11.4. The van der Waals surface area contributed by atoms with Crippen molar-refractivity contribution in [3.05, 3.63) is 28.7 Å². The molecule has 4 rings (SSSR count). The third-order valence-electron chi connectivity index (χ3n) is 3.87. The molecule has 2 aromatic heterocycles. The highest BCUT2D eigenvalue weighted by Crippen LogP contribution is 2.25. The highest BCUT2D eigenvalue weighted by Gasteiger charge is 2.32. The smallest absolute Gasteiger partial charge is 0.408 e. The molecule has 0 saturated heterocycles. The summed E-state index contributed by atoms with van der Waals surface area (Å²) in [7, 11) is 0. The minimum Gasteiger partial charge on any atom is -0.465 e. The minimum atomic E-state index is -1.03. The van der Waals surface area contributed by atoms with E-state index in [0.29, 0.717) is 31.0 Å². The lowest BCUT2D eigenvalue weighted by atomic mass is 10.1. The van der Waals surface area contributed by atoms with Crippen LogP contribution in [0.2, 0.25) is 0 Å². The van der Waals surface area contributed by atoms with Crippen LogP contribution in [0.25, 0.3) is 0 Å². The van der Waals surface area contributed by atoms with Crippen LogP contribution in [-0.4, -0.2) is 53.8 Å². The molecule has 2 aromatic rings. The van der Waals surface area contributed by atoms with Gasteiger partial charge in [0.1, 0.15) is 17.1 Å². The maximum Gasteiger partial charge on any atom is 0.408 e. The molecule has 0 bridgehead atoms. The molecule has 0 aromatic carbocycles. The number of fused-ring (bicyclic) bond motifs is 2. The standard InChI is InChI=1S/C12H12N6O4/c19-11(17-2-1-6-7(3-17)15-16-14-6)10-13-8-4-18(12(20)21)5-9(8)22-10/h1-5H2,(H,20,21)(H,14,15,16). The van der Waals surface area contributed by atoms with Crippen LogP contribution in [0.1, 0.15) is 33.5 Å². The molecule has 0 aliphatic carbocycles. The highest BCUT2D eigenvalue weighted by molar-refractivity contribution is 5.90. The van der Waals surface area contributed by atoms with E-state index in [2.05, 4.69) is 20.4 Å². The zero-order valence-corrected chi connectivity index (χ0v) is 11.4. The largest absolute Gasteiger partial charge is 0.465 e. The highest BCUT2D eigenvalue weighted by atomic mass is 16.4. The first-order chi connectivity index (χ1) is 10.6. The van der Waals surface area contributed by atoms with E-state index in [0.717, 1.165) is 11.4 Å². The van der Waals surface area contributed by atoms with Crippen LogP contribution in [0.5, 0.6) is 0 Å². The predicted octanol–water partition coefficient (Wildman–Crippen LogP) is -0.0152. The van der Waals surface area contributed by atoms with Gasteiger partial charge >= 0.3 is 12.0 Å². The van der Waals surface area contributed by atoms with Gasteiger partial charge in [-0.3, -0.25) is 14.8 Å². The fourth-order valence-corrected chi connectivity index (χ4v) is 2.68. The molecule has 2 amide bonds. The Bertz CT molecular complexity index is 742. The second-order valence-corrected chi connectivity index (χ2v) is 5.24. The Morgan fingerprint density at radius 3 is 2.77 bits per heavy atom. The summed E-state index contributed by atoms with van der Waals surface area (Å²) in [6.07, 6.45) is -0.378. The van der Waals surface area contributed by atoms with Crippen molar-refractivity contribution in [3.63, 3.8) is 0 Å². The lowest BCUT2D eigenvalue weighted by Crippen LogP contribution is -2.36. The van der Waals surface area contributed by atoms with E-state index in [1.165, 1.54) is 4.90 Å². The molecule has 2 aliphatic rings. The quantitative estimate of drug-likeness (QED) is 0.757. The number of carboxylic acid groups (broad SMARTS) is 1. The van der Waals surface area contributed by atoms with Crippen molar-refractivity contribution in [2.24, 2.45) is 0 Å². The first kappa shape index (κ1) is 12.8. The lowest BCUT2D eigenvalue weighted by molar-refractivity contribution is 0.0687. The number of aromatic nitrogens is 4. The average Bonchev–Trinajstić information content (AvgIpc) is 3.18. The first-order valence-corrected chi connectivity index (χ1v) is 6.76. The number of oxazole rings is 1. The third-order valence-corrected chi connectivity index (χ3v) is 3.87. The van der Waals surface area contributed by atoms with Gasteiger partial charge in [0.25, 0.3) is 5.89 Å². The Hall–Kier alpha value is -2.91. The van der Waals surface area contributed by atoms with E-state index in [-0.39, 0.29) is 24.9 Å². The van der Waals surface area contributed by atoms with Crippen LogP contribution in [0, 0.1) is 0 Å². The van der Waals surface area contributed by atoms with Crippen LogP contribution in [0.4, 0.5) is 4.79 Å². The molecule has 10 nitrogen and oxygen atoms in total. The number of hydrogen-bond donors (Lipinski definition) is 2. The Balaban J connectivity index is 1.51. The van der Waals surface area contributed by atoms with Gasteiger partial charge in [-0.1, -0.05) is 5.21 Å². The predicted molar refractivity (Wildman–Crippen MR) is 68.6 cm³/mol. The first-order valence-electron chi connectivity index (χ1n) is 6.76. The van der Waals surface area contributed by atoms with Crippen LogP contribution in [0.3, 0.4) is 0 Å². The van der Waals surface area contributed by atoms with E-state index in [1.54, 1.807) is 4.90 Å². The van der Waals surface area contributed by atoms with Crippen molar-refractivity contribution < 1.29 is 19.1 Å². The van der Waals surface area contributed by atoms with Gasteiger partial charge in [-0.15, -0.1) is 5.10 Å². The van der Waals surface area contributed by atoms with E-state index in [4.69, 9.17) is 9.52 Å². The normalized spacial score (nSPS) is 16.5. The van der Waals surface area contributed by atoms with Crippen LogP contribution in [-0.2, 0) is 26.1 Å². The summed E-state index contributed by atoms with van der Waals surface area (Å²) >= 11 is 0. The lowest BCUT2D eigenvalue weighted by Gasteiger charge is -2.24. The Kier molecular flexibility index (Phi) is 2.65. The molecule has 10 heteroatoms. The molecule has 4 heterocycles. The summed E-state index contributed by atoms with van der Waals surface area (Å²) < 4.78 is 5.44. The van der Waals surface area contributed by atoms with Gasteiger partial charge in [0.05, 0.1) is 25.3 Å². The number of hydrogen-bond acceptors (Lipinski definition) is 6. The van der Waals surface area contributed by atoms with Gasteiger partial charge in [0, 0.05) is 13.0 Å². The molecular formula is C12H12N6O4. The second-order valence-electron chi connectivity index (χ2n) is 5.24. The molecule has 0 unspecified atom stereocenters. The van der Waals surface area contributed by atoms with Crippen molar-refractivity contribution in [3.8, 4) is 0 Å². The second kappa shape index (κ2) is 4.55. The van der Waals surface area contributed by atoms with Gasteiger partial charge in [0.15, 0.2) is 0 Å². The molecule has 0 spiro atoms. The molecule has 2 N–H and O–H groups in total. The monoisotopic (exact) mass is 304 g/mol. The molecule has 0 atom stereocenters. The fraction of sp³-hybridized carbons (Fsp3) is 0.417. The van der Waals surface area contributed by atoms with Crippen LogP contribution in [0.15, 0.2) is 4.42 Å². The van der Waals surface area contributed by atoms with Gasteiger partial charge in [0.2, 0.25) is 0 Å². The summed E-state index contributed by atoms with van der Waals surface area (Å²) in [6.45, 7) is 1.16. The van der Waals surface area contributed by atoms with Gasteiger partial charge < -0.3 is 14.4 Å². The van der Waals surface area contributed by atoms with Crippen molar-refractivity contribution in [2.45, 2.75) is 26.1 Å². The number of carbonyl (C=O) groups is 2. The number of nitrogens with one attached hydrogen (secondary N) is 1. The number of carbonyl (C=O) groups excluding carboxylic acids is 1. The SMILES string of the molecule is O=C(O)N1Cc2nc(C(=O)N3CCc4[nH]nnc4C3)oc2C1. The molecule has 0 saturated carbocycles. The topological polar surface area (TPSA) is 128 Å². The Morgan fingerprint density at radius 2 is 2.00 bits per heavy atom. The van der Waals surface area contributed by atoms with Crippen molar-refractivity contribution >= 4 is 12.0 Å². The summed E-state index contributed by atoms with van der Waals surface area (Å²) in [5.41, 5.74) is 2.19. The van der Waals surface area contributed by atoms with E-state index >= 15 is 0 Å². The fourth-order valence-electron chi connectivity index (χ4n) is 2.68. The van der Waals surface area contributed by atoms with E-state index in [1.807, 2.05) is 0 Å². The summed E-state index contributed by atoms with van der Waals surface area (Å²) in [5, 5.41) is 19.4. The van der Waals surface area contributed by atoms with Gasteiger partial charge in [-0.05, 0) is 0 Å². The molecular weight excluding hydrogens is 292 g/mol. The van der Waals surface area contributed by atoms with Crippen molar-refractivity contribution in [1.29, 1.82) is 0 Å². The molecule has 114 valence electrons. The summed E-state index contributed by atoms with van der Waals surface area (Å²) in [4.78, 5) is 30.2. The zero-order chi connectivity index (χ0) is 15.3. The third kappa shape index (κ3) is 1.91. The maximum absolute atomic E-state index is 12.4. The summed E-state index contributed by atoms with van der Waals surface area (Å²) in [6, 6.07) is 0. The molecule has 0 fully saturated rings. The van der Waals surface area contributed by atoms with E-state index in [9.17, 15) is 9.59 Å².